The lowest BCUT2D eigenvalue weighted by Crippen LogP contribution is -2.36. The van der Waals surface area contributed by atoms with E-state index in [4.69, 9.17) is 9.26 Å². The third-order valence-electron chi connectivity index (χ3n) is 5.19. The Balaban J connectivity index is 1.39. The minimum absolute atomic E-state index is 0.0999. The van der Waals surface area contributed by atoms with E-state index in [9.17, 15) is 9.59 Å². The molecule has 1 aromatic heterocycles. The Morgan fingerprint density at radius 1 is 1.21 bits per heavy atom. The lowest BCUT2D eigenvalue weighted by Gasteiger charge is -2.24. The molecule has 4 rings (SSSR count). The number of hydrogen-bond acceptors (Lipinski definition) is 5. The Labute approximate surface area is 163 Å². The van der Waals surface area contributed by atoms with Crippen LogP contribution in [0.15, 0.2) is 40.9 Å². The van der Waals surface area contributed by atoms with Crippen LogP contribution >= 0.6 is 0 Å². The second kappa shape index (κ2) is 8.29. The van der Waals surface area contributed by atoms with Crippen molar-refractivity contribution in [3.05, 3.63) is 53.3 Å². The molecule has 146 valence electrons. The van der Waals surface area contributed by atoms with Gasteiger partial charge in [0.25, 0.3) is 5.88 Å². The summed E-state index contributed by atoms with van der Waals surface area (Å²) in [4.78, 5) is 26.4. The first-order chi connectivity index (χ1) is 13.7. The van der Waals surface area contributed by atoms with Crippen LogP contribution in [0, 0.1) is 0 Å². The summed E-state index contributed by atoms with van der Waals surface area (Å²) < 4.78 is 10.7. The molecule has 0 unspecified atom stereocenters. The Kier molecular flexibility index (Phi) is 5.41. The summed E-state index contributed by atoms with van der Waals surface area (Å²) in [5.41, 5.74) is 1.63. The van der Waals surface area contributed by atoms with Crippen molar-refractivity contribution in [2.24, 2.45) is 0 Å². The zero-order valence-electron chi connectivity index (χ0n) is 15.6. The van der Waals surface area contributed by atoms with Gasteiger partial charge in [-0.25, -0.2) is 4.79 Å². The van der Waals surface area contributed by atoms with Gasteiger partial charge in [0, 0.05) is 25.1 Å². The lowest BCUT2D eigenvalue weighted by molar-refractivity contribution is -0.126. The van der Waals surface area contributed by atoms with Gasteiger partial charge in [0.15, 0.2) is 0 Å². The Morgan fingerprint density at radius 3 is 2.79 bits per heavy atom. The van der Waals surface area contributed by atoms with Gasteiger partial charge in [0.2, 0.25) is 5.91 Å². The molecule has 1 aliphatic heterocycles. The van der Waals surface area contributed by atoms with Gasteiger partial charge < -0.3 is 19.5 Å². The third-order valence-corrected chi connectivity index (χ3v) is 5.19. The van der Waals surface area contributed by atoms with E-state index in [1.807, 2.05) is 30.3 Å². The number of benzene rings is 1. The van der Waals surface area contributed by atoms with E-state index in [1.54, 1.807) is 17.1 Å². The van der Waals surface area contributed by atoms with Gasteiger partial charge in [-0.15, -0.1) is 0 Å². The van der Waals surface area contributed by atoms with Crippen molar-refractivity contribution in [2.45, 2.75) is 44.7 Å². The maximum Gasteiger partial charge on any atom is 0.414 e. The van der Waals surface area contributed by atoms with E-state index >= 15 is 0 Å². The van der Waals surface area contributed by atoms with E-state index in [1.165, 1.54) is 0 Å². The zero-order chi connectivity index (χ0) is 19.3. The maximum atomic E-state index is 12.5. The highest BCUT2D eigenvalue weighted by atomic mass is 16.6. The molecular weight excluding hydrogens is 358 g/mol. The number of carbonyl (C=O) groups excluding carboxylic acids is 2. The summed E-state index contributed by atoms with van der Waals surface area (Å²) in [5, 5.41) is 6.75. The van der Waals surface area contributed by atoms with Crippen molar-refractivity contribution in [1.82, 2.24) is 15.4 Å². The van der Waals surface area contributed by atoms with Crippen molar-refractivity contribution in [3.8, 4) is 5.88 Å². The van der Waals surface area contributed by atoms with E-state index < -0.39 is 6.09 Å². The first-order valence-corrected chi connectivity index (χ1v) is 9.67. The first kappa shape index (κ1) is 18.3. The summed E-state index contributed by atoms with van der Waals surface area (Å²) in [6.45, 7) is 0.844. The molecule has 2 aromatic rings. The predicted octanol–water partition coefficient (Wildman–Crippen LogP) is 3.30. The number of carbonyl (C=O) groups is 2. The predicted molar refractivity (Wildman–Crippen MR) is 103 cm³/mol. The highest BCUT2D eigenvalue weighted by Gasteiger charge is 2.28. The van der Waals surface area contributed by atoms with E-state index in [2.05, 4.69) is 10.5 Å². The van der Waals surface area contributed by atoms with Crippen molar-refractivity contribution >= 4 is 18.1 Å². The van der Waals surface area contributed by atoms with Crippen LogP contribution in [0.2, 0.25) is 0 Å². The molecule has 2 amide bonds. The fourth-order valence-corrected chi connectivity index (χ4v) is 3.64. The molecule has 0 bridgehead atoms. The molecule has 1 fully saturated rings. The molecule has 2 heterocycles. The van der Waals surface area contributed by atoms with Crippen LogP contribution in [0.5, 0.6) is 5.88 Å². The lowest BCUT2D eigenvalue weighted by atomic mass is 10.1. The standard InChI is InChI=1S/C21H23N3O4/c25-19(11-10-15-6-2-1-3-7-15)24-13-12-18-17(14-24)20(23-28-18)27-21(26)22-16-8-4-5-9-16/h1-3,6-7,10-11,16H,4-5,8-9,12-14H2,(H,22,26). The summed E-state index contributed by atoms with van der Waals surface area (Å²) in [5.74, 6) is 0.715. The number of aromatic nitrogens is 1. The van der Waals surface area contributed by atoms with Gasteiger partial charge in [0.05, 0.1) is 12.1 Å². The van der Waals surface area contributed by atoms with E-state index in [0.29, 0.717) is 30.8 Å². The number of hydrogen-bond donors (Lipinski definition) is 1. The molecular formula is C21H23N3O4. The van der Waals surface area contributed by atoms with Gasteiger partial charge in [0.1, 0.15) is 5.76 Å². The van der Waals surface area contributed by atoms with Crippen LogP contribution < -0.4 is 10.1 Å². The molecule has 1 aliphatic carbocycles. The SMILES string of the molecule is O=C(NC1CCCC1)Oc1noc2c1CN(C(=O)C=Cc1ccccc1)CC2. The number of fused-ring (bicyclic) bond motifs is 1. The number of amides is 2. The summed E-state index contributed by atoms with van der Waals surface area (Å²) in [7, 11) is 0. The fraction of sp³-hybridized carbons (Fsp3) is 0.381. The minimum atomic E-state index is -0.518. The van der Waals surface area contributed by atoms with Crippen LogP contribution in [-0.4, -0.2) is 34.6 Å². The monoisotopic (exact) mass is 381 g/mol. The van der Waals surface area contributed by atoms with Crippen LogP contribution in [0.4, 0.5) is 4.79 Å². The smallest absolute Gasteiger partial charge is 0.387 e. The molecule has 0 atom stereocenters. The second-order valence-corrected chi connectivity index (χ2v) is 7.16. The van der Waals surface area contributed by atoms with Gasteiger partial charge >= 0.3 is 6.09 Å². The molecule has 0 radical (unpaired) electrons. The molecule has 28 heavy (non-hydrogen) atoms. The maximum absolute atomic E-state index is 12.5. The molecule has 0 spiro atoms. The van der Waals surface area contributed by atoms with Gasteiger partial charge in [-0.3, -0.25) is 4.79 Å². The number of nitrogens with one attached hydrogen (secondary N) is 1. The van der Waals surface area contributed by atoms with Gasteiger partial charge in [-0.1, -0.05) is 43.2 Å². The van der Waals surface area contributed by atoms with Crippen molar-refractivity contribution in [1.29, 1.82) is 0 Å². The first-order valence-electron chi connectivity index (χ1n) is 9.67. The Bertz CT molecular complexity index is 869. The number of ether oxygens (including phenoxy) is 1. The summed E-state index contributed by atoms with van der Waals surface area (Å²) in [6.07, 6.45) is 7.57. The van der Waals surface area contributed by atoms with Crippen molar-refractivity contribution in [2.75, 3.05) is 6.54 Å². The van der Waals surface area contributed by atoms with Crippen LogP contribution in [-0.2, 0) is 17.8 Å². The molecule has 1 saturated carbocycles. The summed E-state index contributed by atoms with van der Waals surface area (Å²) in [6, 6.07) is 9.82. The molecule has 2 aliphatic rings. The highest BCUT2D eigenvalue weighted by molar-refractivity contribution is 5.92. The minimum Gasteiger partial charge on any atom is -0.387 e. The topological polar surface area (TPSA) is 84.7 Å². The van der Waals surface area contributed by atoms with Gasteiger partial charge in [-0.2, -0.15) is 0 Å². The third kappa shape index (κ3) is 4.24. The summed E-state index contributed by atoms with van der Waals surface area (Å²) >= 11 is 0. The average molecular weight is 381 g/mol. The van der Waals surface area contributed by atoms with Crippen LogP contribution in [0.25, 0.3) is 6.08 Å². The fourth-order valence-electron chi connectivity index (χ4n) is 3.64. The molecule has 1 aromatic carbocycles. The average Bonchev–Trinajstić information content (AvgIpc) is 3.36. The molecule has 7 heteroatoms. The van der Waals surface area contributed by atoms with Crippen molar-refractivity contribution in [3.63, 3.8) is 0 Å². The Hall–Kier alpha value is -3.09. The number of nitrogens with zero attached hydrogens (tertiary/aromatic N) is 2. The van der Waals surface area contributed by atoms with E-state index in [0.717, 1.165) is 31.2 Å². The van der Waals surface area contributed by atoms with E-state index in [-0.39, 0.29) is 17.8 Å². The normalized spacial score (nSPS) is 16.9. The van der Waals surface area contributed by atoms with Gasteiger partial charge in [-0.05, 0) is 29.6 Å². The molecule has 1 N–H and O–H groups in total. The number of rotatable bonds is 4. The quantitative estimate of drug-likeness (QED) is 0.822. The van der Waals surface area contributed by atoms with Crippen LogP contribution in [0.3, 0.4) is 0 Å². The highest BCUT2D eigenvalue weighted by Crippen LogP contribution is 2.28. The van der Waals surface area contributed by atoms with Crippen molar-refractivity contribution < 1.29 is 18.8 Å². The molecule has 7 nitrogen and oxygen atoms in total. The molecule has 0 saturated heterocycles. The Morgan fingerprint density at radius 2 is 2.00 bits per heavy atom. The largest absolute Gasteiger partial charge is 0.414 e. The second-order valence-electron chi connectivity index (χ2n) is 7.16. The zero-order valence-corrected chi connectivity index (χ0v) is 15.6. The van der Waals surface area contributed by atoms with Crippen LogP contribution in [0.1, 0.15) is 42.6 Å².